The Hall–Kier alpha value is -3.72. The predicted molar refractivity (Wildman–Crippen MR) is 116 cm³/mol. The minimum Gasteiger partial charge on any atom is -0.484 e. The molecular formula is C21H19ClF2N4O3. The van der Waals surface area contributed by atoms with Crippen LogP contribution < -0.4 is 21.3 Å². The molecule has 0 aliphatic carbocycles. The van der Waals surface area contributed by atoms with Crippen LogP contribution in [0.15, 0.2) is 53.5 Å². The number of halogens is 3. The van der Waals surface area contributed by atoms with Gasteiger partial charge in [0.05, 0.1) is 22.0 Å². The lowest BCUT2D eigenvalue weighted by Gasteiger charge is -2.15. The van der Waals surface area contributed by atoms with E-state index in [4.69, 9.17) is 27.5 Å². The van der Waals surface area contributed by atoms with E-state index in [1.165, 1.54) is 30.3 Å². The number of aromatic amines is 1. The number of amides is 1. The van der Waals surface area contributed by atoms with Crippen LogP contribution in [0.2, 0.25) is 5.02 Å². The van der Waals surface area contributed by atoms with Crippen molar-refractivity contribution in [1.29, 1.82) is 5.41 Å². The van der Waals surface area contributed by atoms with Gasteiger partial charge in [0.25, 0.3) is 11.5 Å². The minimum atomic E-state index is -0.889. The highest BCUT2D eigenvalue weighted by molar-refractivity contribution is 6.34. The van der Waals surface area contributed by atoms with E-state index >= 15 is 0 Å². The van der Waals surface area contributed by atoms with Gasteiger partial charge in [0.1, 0.15) is 23.1 Å². The van der Waals surface area contributed by atoms with Gasteiger partial charge in [-0.25, -0.2) is 8.78 Å². The summed E-state index contributed by atoms with van der Waals surface area (Å²) in [7, 11) is 0. The monoisotopic (exact) mass is 448 g/mol. The van der Waals surface area contributed by atoms with Gasteiger partial charge in [-0.1, -0.05) is 25.1 Å². The Kier molecular flexibility index (Phi) is 7.49. The number of hydrogen-bond donors (Lipinski definition) is 4. The molecule has 10 heteroatoms. The Balaban J connectivity index is 0.00000341. The number of nitrogens with two attached hydrogens (primary N) is 1. The van der Waals surface area contributed by atoms with E-state index < -0.39 is 28.8 Å². The van der Waals surface area contributed by atoms with E-state index in [0.717, 1.165) is 18.3 Å². The quantitative estimate of drug-likeness (QED) is 0.408. The zero-order valence-electron chi connectivity index (χ0n) is 15.3. The Bertz CT molecular complexity index is 1160. The van der Waals surface area contributed by atoms with E-state index in [1.807, 2.05) is 0 Å². The van der Waals surface area contributed by atoms with Crippen molar-refractivity contribution in [3.8, 4) is 5.75 Å². The van der Waals surface area contributed by atoms with Crippen LogP contribution in [0.25, 0.3) is 0 Å². The molecule has 1 amide bonds. The van der Waals surface area contributed by atoms with Gasteiger partial charge in [0, 0.05) is 11.8 Å². The van der Waals surface area contributed by atoms with Crippen LogP contribution in [0.5, 0.6) is 5.75 Å². The smallest absolute Gasteiger partial charge is 0.259 e. The number of benzene rings is 2. The normalized spacial score (nSPS) is 10.2. The largest absolute Gasteiger partial charge is 0.484 e. The van der Waals surface area contributed by atoms with E-state index in [-0.39, 0.29) is 36.0 Å². The fraction of sp³-hybridized carbons (Fsp3) is 0.0952. The lowest BCUT2D eigenvalue weighted by atomic mass is 10.0. The Morgan fingerprint density at radius 2 is 1.74 bits per heavy atom. The van der Waals surface area contributed by atoms with Gasteiger partial charge >= 0.3 is 0 Å². The Morgan fingerprint density at radius 3 is 2.32 bits per heavy atom. The van der Waals surface area contributed by atoms with E-state index in [2.05, 4.69) is 10.3 Å². The molecule has 0 atom stereocenters. The van der Waals surface area contributed by atoms with Crippen molar-refractivity contribution in [3.63, 3.8) is 0 Å². The number of nitrogens with one attached hydrogen (secondary N) is 3. The number of ether oxygens (including phenoxy) is 1. The second-order valence-corrected chi connectivity index (χ2v) is 6.50. The van der Waals surface area contributed by atoms with Crippen molar-refractivity contribution < 1.29 is 18.3 Å². The molecular weight excluding hydrogens is 430 g/mol. The van der Waals surface area contributed by atoms with E-state index in [9.17, 15) is 18.4 Å². The van der Waals surface area contributed by atoms with Gasteiger partial charge in [-0.15, -0.1) is 0 Å². The maximum absolute atomic E-state index is 14.1. The number of carbonyl (C=O) groups excluding carboxylic acids is 1. The second kappa shape index (κ2) is 9.86. The average Bonchev–Trinajstić information content (AvgIpc) is 2.71. The molecule has 0 radical (unpaired) electrons. The predicted octanol–water partition coefficient (Wildman–Crippen LogP) is 3.97. The van der Waals surface area contributed by atoms with Crippen LogP contribution >= 0.6 is 11.6 Å². The van der Waals surface area contributed by atoms with Gasteiger partial charge in [-0.3, -0.25) is 15.0 Å². The zero-order chi connectivity index (χ0) is 21.8. The number of anilines is 2. The Labute approximate surface area is 181 Å². The number of primary amides is 1. The molecule has 0 bridgehead atoms. The molecule has 0 aliphatic heterocycles. The molecule has 3 rings (SSSR count). The summed E-state index contributed by atoms with van der Waals surface area (Å²) < 4.78 is 33.3. The summed E-state index contributed by atoms with van der Waals surface area (Å²) in [6.45, 7) is -0.312. The maximum atomic E-state index is 14.1. The van der Waals surface area contributed by atoms with E-state index in [0.29, 0.717) is 11.3 Å². The first-order chi connectivity index (χ1) is 14.3. The summed E-state index contributed by atoms with van der Waals surface area (Å²) >= 11 is 6.15. The first-order valence-corrected chi connectivity index (χ1v) is 8.88. The number of para-hydroxylation sites is 1. The highest BCUT2D eigenvalue weighted by Gasteiger charge is 2.20. The van der Waals surface area contributed by atoms with E-state index in [1.54, 1.807) is 0 Å². The molecule has 0 saturated heterocycles. The molecule has 1 heterocycles. The molecule has 2 aromatic carbocycles. The number of carbonyl (C=O) groups is 1. The van der Waals surface area contributed by atoms with Crippen LogP contribution in [0.4, 0.5) is 20.2 Å². The molecule has 5 N–H and O–H groups in total. The number of hydrogen-bond acceptors (Lipinski definition) is 5. The lowest BCUT2D eigenvalue weighted by molar-refractivity contribution is -0.119. The molecule has 31 heavy (non-hydrogen) atoms. The third-order valence-corrected chi connectivity index (χ3v) is 4.33. The highest BCUT2D eigenvalue weighted by atomic mass is 35.5. The van der Waals surface area contributed by atoms with Crippen LogP contribution in [0.1, 0.15) is 18.6 Å². The first-order valence-electron chi connectivity index (χ1n) is 8.50. The van der Waals surface area contributed by atoms with Crippen LogP contribution in [0.3, 0.4) is 0 Å². The summed E-state index contributed by atoms with van der Waals surface area (Å²) in [6.07, 6.45) is 1.16. The lowest BCUT2D eigenvalue weighted by Crippen LogP contribution is -2.21. The van der Waals surface area contributed by atoms with Crippen LogP contribution in [-0.2, 0) is 4.79 Å². The SMILES string of the molecule is C.N=C(c1ccc(OCC(N)=O)cc1)c1c(Nc2c(F)cccc2F)c(Cl)c[nH]c1=O. The molecule has 0 fully saturated rings. The van der Waals surface area contributed by atoms with Crippen molar-refractivity contribution in [2.75, 3.05) is 11.9 Å². The summed E-state index contributed by atoms with van der Waals surface area (Å²) in [5, 5.41) is 10.9. The van der Waals surface area contributed by atoms with Crippen LogP contribution in [-0.4, -0.2) is 23.2 Å². The van der Waals surface area contributed by atoms with Crippen molar-refractivity contribution in [1.82, 2.24) is 4.98 Å². The second-order valence-electron chi connectivity index (χ2n) is 6.09. The van der Waals surface area contributed by atoms with Gasteiger partial charge in [0.15, 0.2) is 6.61 Å². The molecule has 3 aromatic rings. The summed E-state index contributed by atoms with van der Waals surface area (Å²) in [5.74, 6) is -2.09. The van der Waals surface area contributed by atoms with Crippen molar-refractivity contribution in [2.45, 2.75) is 7.43 Å². The van der Waals surface area contributed by atoms with Gasteiger partial charge in [-0.2, -0.15) is 0 Å². The molecule has 0 spiro atoms. The molecule has 0 saturated carbocycles. The Morgan fingerprint density at radius 1 is 1.13 bits per heavy atom. The minimum absolute atomic E-state index is 0. The molecule has 0 aliphatic rings. The fourth-order valence-electron chi connectivity index (χ4n) is 2.63. The summed E-state index contributed by atoms with van der Waals surface area (Å²) in [6, 6.07) is 9.20. The fourth-order valence-corrected chi connectivity index (χ4v) is 2.82. The third-order valence-electron chi connectivity index (χ3n) is 4.03. The summed E-state index contributed by atoms with van der Waals surface area (Å²) in [5.41, 5.74) is 3.54. The number of rotatable bonds is 7. The highest BCUT2D eigenvalue weighted by Crippen LogP contribution is 2.31. The van der Waals surface area contributed by atoms with Crippen molar-refractivity contribution in [2.24, 2.45) is 5.73 Å². The van der Waals surface area contributed by atoms with Gasteiger partial charge in [-0.05, 0) is 36.4 Å². The third kappa shape index (κ3) is 5.26. The van der Waals surface area contributed by atoms with Crippen LogP contribution in [0, 0.1) is 17.0 Å². The van der Waals surface area contributed by atoms with Crippen molar-refractivity contribution in [3.05, 3.63) is 86.8 Å². The topological polar surface area (TPSA) is 121 Å². The first kappa shape index (κ1) is 23.6. The zero-order valence-corrected chi connectivity index (χ0v) is 16.0. The molecule has 0 unspecified atom stereocenters. The average molecular weight is 449 g/mol. The molecule has 1 aromatic heterocycles. The van der Waals surface area contributed by atoms with Gasteiger partial charge < -0.3 is 20.8 Å². The maximum Gasteiger partial charge on any atom is 0.259 e. The summed E-state index contributed by atoms with van der Waals surface area (Å²) in [4.78, 5) is 25.6. The number of H-pyrrole nitrogens is 1. The van der Waals surface area contributed by atoms with Crippen molar-refractivity contribution >= 4 is 34.6 Å². The molecule has 162 valence electrons. The number of pyridine rings is 1. The van der Waals surface area contributed by atoms with Gasteiger partial charge in [0.2, 0.25) is 0 Å². The number of aromatic nitrogens is 1. The molecule has 7 nitrogen and oxygen atoms in total. The standard InChI is InChI=1S/C20H15ClF2N4O3.CH4/c21-12-8-26-20(29)16(18(12)27-19-13(22)2-1-3-14(19)23)17(25)10-4-6-11(7-5-10)30-9-15(24)28;/h1-8,25H,9H2,(H2,24,28)(H2,26,27,29);1H4.